The molecule has 0 aliphatic carbocycles. The van der Waals surface area contributed by atoms with Gasteiger partial charge in [0.05, 0.1) is 13.2 Å². The molecule has 0 bridgehead atoms. The van der Waals surface area contributed by atoms with Crippen LogP contribution in [0, 0.1) is 5.92 Å². The molecule has 35 heavy (non-hydrogen) atoms. The van der Waals surface area contributed by atoms with Gasteiger partial charge < -0.3 is 20.1 Å². The zero-order valence-electron chi connectivity index (χ0n) is 20.8. The van der Waals surface area contributed by atoms with Crippen molar-refractivity contribution in [2.45, 2.75) is 51.8 Å². The lowest BCUT2D eigenvalue weighted by Crippen LogP contribution is -2.52. The number of alkyl carbamates (subject to hydrolysis) is 1. The average Bonchev–Trinajstić information content (AvgIpc) is 2.86. The molecule has 0 fully saturated rings. The van der Waals surface area contributed by atoms with E-state index in [0.717, 1.165) is 17.5 Å². The minimum atomic E-state index is -0.752. The molecule has 0 radical (unpaired) electrons. The van der Waals surface area contributed by atoms with Gasteiger partial charge >= 0.3 is 12.1 Å². The minimum Gasteiger partial charge on any atom is -0.468 e. The second-order valence-corrected chi connectivity index (χ2v) is 8.73. The van der Waals surface area contributed by atoms with Crippen molar-refractivity contribution < 1.29 is 23.9 Å². The van der Waals surface area contributed by atoms with Gasteiger partial charge in [0.2, 0.25) is 5.91 Å². The van der Waals surface area contributed by atoms with Crippen LogP contribution in [-0.2, 0) is 32.1 Å². The highest BCUT2D eigenvalue weighted by atomic mass is 16.5. The Morgan fingerprint density at radius 3 is 2.06 bits per heavy atom. The molecule has 2 atom stereocenters. The summed E-state index contributed by atoms with van der Waals surface area (Å²) in [5.74, 6) is -0.425. The summed E-state index contributed by atoms with van der Waals surface area (Å²) in [6.07, 6.45) is 0.946. The van der Waals surface area contributed by atoms with E-state index in [2.05, 4.69) is 16.0 Å². The molecule has 3 N–H and O–H groups in total. The first-order valence-corrected chi connectivity index (χ1v) is 12.0. The third-order valence-electron chi connectivity index (χ3n) is 5.38. The summed E-state index contributed by atoms with van der Waals surface area (Å²) in [7, 11) is 1.30. The molecule has 0 aromatic heterocycles. The maximum absolute atomic E-state index is 12.9. The fraction of sp³-hybridized carbons (Fsp3) is 0.444. The van der Waals surface area contributed by atoms with E-state index in [4.69, 9.17) is 9.47 Å². The Labute approximate surface area is 207 Å². The number of esters is 1. The van der Waals surface area contributed by atoms with Crippen molar-refractivity contribution in [3.63, 3.8) is 0 Å². The largest absolute Gasteiger partial charge is 0.468 e. The number of benzene rings is 2. The van der Waals surface area contributed by atoms with Gasteiger partial charge in [0.1, 0.15) is 12.6 Å². The first kappa shape index (κ1) is 27.9. The van der Waals surface area contributed by atoms with Gasteiger partial charge in [0, 0.05) is 13.1 Å². The van der Waals surface area contributed by atoms with E-state index in [1.54, 1.807) is 0 Å². The summed E-state index contributed by atoms with van der Waals surface area (Å²) in [6.45, 7) is 4.87. The number of amides is 2. The smallest absolute Gasteiger partial charge is 0.407 e. The second kappa shape index (κ2) is 15.5. The Balaban J connectivity index is 1.86. The highest BCUT2D eigenvalue weighted by Gasteiger charge is 2.27. The SMILES string of the molecule is COC(=O)[C@@H](CCNC(=O)OCc1ccccc1)N[C@@H](CC(C)C)C(=O)NCCc1ccccc1. The quantitative estimate of drug-likeness (QED) is 0.357. The molecule has 8 heteroatoms. The van der Waals surface area contributed by atoms with Crippen LogP contribution in [0.25, 0.3) is 0 Å². The fourth-order valence-corrected chi connectivity index (χ4v) is 3.57. The minimum absolute atomic E-state index is 0.158. The molecule has 2 aromatic carbocycles. The summed E-state index contributed by atoms with van der Waals surface area (Å²) in [6, 6.07) is 18.0. The molecular weight excluding hydrogens is 446 g/mol. The van der Waals surface area contributed by atoms with Gasteiger partial charge in [-0.3, -0.25) is 14.9 Å². The Morgan fingerprint density at radius 1 is 0.829 bits per heavy atom. The van der Waals surface area contributed by atoms with Crippen molar-refractivity contribution in [1.82, 2.24) is 16.0 Å². The fourth-order valence-electron chi connectivity index (χ4n) is 3.57. The van der Waals surface area contributed by atoms with Crippen LogP contribution in [0.2, 0.25) is 0 Å². The highest BCUT2D eigenvalue weighted by Crippen LogP contribution is 2.09. The molecule has 2 aromatic rings. The zero-order chi connectivity index (χ0) is 25.5. The van der Waals surface area contributed by atoms with Gasteiger partial charge in [-0.1, -0.05) is 74.5 Å². The Bertz CT molecular complexity index is 906. The normalized spacial score (nSPS) is 12.5. The first-order chi connectivity index (χ1) is 16.9. The molecule has 2 amide bonds. The number of rotatable bonds is 14. The van der Waals surface area contributed by atoms with E-state index < -0.39 is 24.1 Å². The molecule has 190 valence electrons. The third kappa shape index (κ3) is 11.1. The summed E-state index contributed by atoms with van der Waals surface area (Å²) in [5, 5.41) is 8.75. The number of methoxy groups -OCH3 is 1. The summed E-state index contributed by atoms with van der Waals surface area (Å²) < 4.78 is 10.1. The van der Waals surface area contributed by atoms with E-state index in [9.17, 15) is 14.4 Å². The lowest BCUT2D eigenvalue weighted by atomic mass is 10.0. The van der Waals surface area contributed by atoms with Gasteiger partial charge in [-0.15, -0.1) is 0 Å². The molecule has 2 rings (SSSR count). The van der Waals surface area contributed by atoms with Gasteiger partial charge in [-0.2, -0.15) is 0 Å². The molecule has 0 saturated carbocycles. The van der Waals surface area contributed by atoms with Gasteiger partial charge in [0.25, 0.3) is 0 Å². The number of carbonyl (C=O) groups excluding carboxylic acids is 3. The lowest BCUT2D eigenvalue weighted by molar-refractivity contribution is -0.143. The molecule has 0 heterocycles. The molecular formula is C27H37N3O5. The predicted molar refractivity (Wildman–Crippen MR) is 135 cm³/mol. The monoisotopic (exact) mass is 483 g/mol. The van der Waals surface area contributed by atoms with E-state index >= 15 is 0 Å². The second-order valence-electron chi connectivity index (χ2n) is 8.73. The molecule has 0 saturated heterocycles. The van der Waals surface area contributed by atoms with Crippen LogP contribution in [0.5, 0.6) is 0 Å². The number of hydrogen-bond donors (Lipinski definition) is 3. The maximum Gasteiger partial charge on any atom is 0.407 e. The van der Waals surface area contributed by atoms with Crippen LogP contribution >= 0.6 is 0 Å². The third-order valence-corrected chi connectivity index (χ3v) is 5.38. The highest BCUT2D eigenvalue weighted by molar-refractivity contribution is 5.83. The summed E-state index contributed by atoms with van der Waals surface area (Å²) >= 11 is 0. The maximum atomic E-state index is 12.9. The number of ether oxygens (including phenoxy) is 2. The van der Waals surface area contributed by atoms with E-state index in [1.807, 2.05) is 74.5 Å². The van der Waals surface area contributed by atoms with Crippen molar-refractivity contribution in [3.05, 3.63) is 71.8 Å². The standard InChI is InChI=1S/C27H37N3O5/c1-20(2)18-24(25(31)28-16-14-21-10-6-4-7-11-21)30-23(26(32)34-3)15-17-29-27(33)35-19-22-12-8-5-9-13-22/h4-13,20,23-24,30H,14-19H2,1-3H3,(H,28,31)(H,29,33)/t23-,24+/m1/s1. The summed E-state index contributed by atoms with van der Waals surface area (Å²) in [5.41, 5.74) is 2.02. The lowest BCUT2D eigenvalue weighted by Gasteiger charge is -2.25. The molecule has 0 aliphatic heterocycles. The van der Waals surface area contributed by atoms with Gasteiger partial charge in [0.15, 0.2) is 0 Å². The Hall–Kier alpha value is -3.39. The topological polar surface area (TPSA) is 106 Å². The molecule has 0 spiro atoms. The molecule has 8 nitrogen and oxygen atoms in total. The number of nitrogens with one attached hydrogen (secondary N) is 3. The van der Waals surface area contributed by atoms with Crippen LogP contribution in [0.3, 0.4) is 0 Å². The van der Waals surface area contributed by atoms with Gasteiger partial charge in [-0.05, 0) is 36.3 Å². The van der Waals surface area contributed by atoms with E-state index in [0.29, 0.717) is 13.0 Å². The average molecular weight is 484 g/mol. The van der Waals surface area contributed by atoms with Crippen LogP contribution in [-0.4, -0.2) is 50.3 Å². The Morgan fingerprint density at radius 2 is 1.46 bits per heavy atom. The van der Waals surface area contributed by atoms with Crippen LogP contribution in [0.4, 0.5) is 4.79 Å². The summed E-state index contributed by atoms with van der Waals surface area (Å²) in [4.78, 5) is 37.3. The molecule has 0 unspecified atom stereocenters. The Kier molecular flexibility index (Phi) is 12.3. The van der Waals surface area contributed by atoms with Gasteiger partial charge in [-0.25, -0.2) is 4.79 Å². The molecule has 0 aliphatic rings. The van der Waals surface area contributed by atoms with Crippen molar-refractivity contribution in [2.75, 3.05) is 20.2 Å². The zero-order valence-corrected chi connectivity index (χ0v) is 20.8. The number of carbonyl (C=O) groups is 3. The van der Waals surface area contributed by atoms with Crippen LogP contribution < -0.4 is 16.0 Å². The van der Waals surface area contributed by atoms with Crippen molar-refractivity contribution in [2.24, 2.45) is 5.92 Å². The van der Waals surface area contributed by atoms with E-state index in [1.165, 1.54) is 7.11 Å². The van der Waals surface area contributed by atoms with Crippen LogP contribution in [0.15, 0.2) is 60.7 Å². The first-order valence-electron chi connectivity index (χ1n) is 12.0. The van der Waals surface area contributed by atoms with Crippen molar-refractivity contribution in [3.8, 4) is 0 Å². The van der Waals surface area contributed by atoms with Crippen molar-refractivity contribution in [1.29, 1.82) is 0 Å². The number of hydrogen-bond acceptors (Lipinski definition) is 6. The predicted octanol–water partition coefficient (Wildman–Crippen LogP) is 3.21. The van der Waals surface area contributed by atoms with E-state index in [-0.39, 0.29) is 31.4 Å². The van der Waals surface area contributed by atoms with Crippen LogP contribution in [0.1, 0.15) is 37.8 Å². The van der Waals surface area contributed by atoms with Crippen molar-refractivity contribution >= 4 is 18.0 Å².